The van der Waals surface area contributed by atoms with E-state index in [1.54, 1.807) is 22.3 Å². The molecular formula is C27H27Cl. The van der Waals surface area contributed by atoms with Crippen LogP contribution in [0.5, 0.6) is 0 Å². The van der Waals surface area contributed by atoms with Crippen molar-refractivity contribution in [2.45, 2.75) is 69.6 Å². The summed E-state index contributed by atoms with van der Waals surface area (Å²) in [5, 5.41) is 0.909. The molecule has 6 rings (SSSR count). The summed E-state index contributed by atoms with van der Waals surface area (Å²) in [6.07, 6.45) is 14.1. The van der Waals surface area contributed by atoms with E-state index in [0.29, 0.717) is 5.41 Å². The molecule has 28 heavy (non-hydrogen) atoms. The molecule has 1 saturated carbocycles. The third-order valence-electron chi connectivity index (χ3n) is 8.03. The van der Waals surface area contributed by atoms with E-state index in [-0.39, 0.29) is 5.41 Å². The van der Waals surface area contributed by atoms with Gasteiger partial charge < -0.3 is 0 Å². The minimum Gasteiger partial charge on any atom is -0.0840 e. The minimum absolute atomic E-state index is 0.0422. The molecular weight excluding hydrogens is 360 g/mol. The van der Waals surface area contributed by atoms with E-state index in [1.165, 1.54) is 67.2 Å². The molecule has 0 saturated heterocycles. The maximum absolute atomic E-state index is 6.75. The van der Waals surface area contributed by atoms with E-state index in [0.717, 1.165) is 5.02 Å². The topological polar surface area (TPSA) is 0 Å². The molecule has 0 bridgehead atoms. The molecule has 1 heteroatoms. The predicted octanol–water partition coefficient (Wildman–Crippen LogP) is 7.97. The van der Waals surface area contributed by atoms with Gasteiger partial charge in [-0.1, -0.05) is 86.7 Å². The molecule has 0 N–H and O–H groups in total. The summed E-state index contributed by atoms with van der Waals surface area (Å²) in [5.41, 5.74) is 12.3. The van der Waals surface area contributed by atoms with Gasteiger partial charge >= 0.3 is 0 Å². The molecule has 2 aromatic carbocycles. The van der Waals surface area contributed by atoms with Crippen molar-refractivity contribution < 1.29 is 0 Å². The van der Waals surface area contributed by atoms with Crippen molar-refractivity contribution >= 4 is 17.2 Å². The Morgan fingerprint density at radius 1 is 0.893 bits per heavy atom. The van der Waals surface area contributed by atoms with Crippen molar-refractivity contribution in [3.05, 3.63) is 75.3 Å². The van der Waals surface area contributed by atoms with Crippen LogP contribution >= 0.6 is 11.6 Å². The van der Waals surface area contributed by atoms with Gasteiger partial charge in [-0.3, -0.25) is 0 Å². The maximum Gasteiger partial charge on any atom is 0.0453 e. The van der Waals surface area contributed by atoms with Crippen LogP contribution in [0.25, 0.3) is 16.7 Å². The zero-order chi connectivity index (χ0) is 19.1. The largest absolute Gasteiger partial charge is 0.0840 e. The zero-order valence-electron chi connectivity index (χ0n) is 16.9. The van der Waals surface area contributed by atoms with E-state index in [4.69, 9.17) is 11.6 Å². The van der Waals surface area contributed by atoms with Gasteiger partial charge in [0.25, 0.3) is 0 Å². The second kappa shape index (κ2) is 5.63. The normalized spacial score (nSPS) is 22.8. The number of fused-ring (bicyclic) bond motifs is 8. The third-order valence-corrected chi connectivity index (χ3v) is 8.34. The summed E-state index contributed by atoms with van der Waals surface area (Å²) in [5.74, 6) is 0. The highest BCUT2D eigenvalue weighted by molar-refractivity contribution is 6.32. The number of halogens is 1. The third kappa shape index (κ3) is 1.93. The Kier molecular flexibility index (Phi) is 3.44. The number of hydrogen-bond donors (Lipinski definition) is 0. The Hall–Kier alpha value is -1.79. The van der Waals surface area contributed by atoms with Gasteiger partial charge in [0.15, 0.2) is 0 Å². The Balaban J connectivity index is 1.72. The highest BCUT2D eigenvalue weighted by Crippen LogP contribution is 2.62. The standard InChI is InChI=1S/C27H27Cl/c1-26(2)20-13-14-21-23(24(20)18-10-8-12-22(28)25(18)26)17-9-4-5-11-19(17)27(21)15-6-3-7-16-27/h4,8-10,12-14H,3,5-7,11,15-16H2,1-2H3. The highest BCUT2D eigenvalue weighted by atomic mass is 35.5. The van der Waals surface area contributed by atoms with Crippen LogP contribution in [0.4, 0.5) is 0 Å². The SMILES string of the molecule is CC1(C)c2ccc3c(c2-c2cccc(Cl)c21)C1=C(CCC=C1)C31CCCCC1. The van der Waals surface area contributed by atoms with Crippen LogP contribution in [0.15, 0.2) is 48.1 Å². The average Bonchev–Trinajstić information content (AvgIpc) is 3.11. The molecule has 1 fully saturated rings. The maximum atomic E-state index is 6.75. The van der Waals surface area contributed by atoms with Crippen LogP contribution in [-0.2, 0) is 10.8 Å². The molecule has 0 nitrogen and oxygen atoms in total. The highest BCUT2D eigenvalue weighted by Gasteiger charge is 2.48. The lowest BCUT2D eigenvalue weighted by Gasteiger charge is -2.38. The molecule has 0 amide bonds. The molecule has 0 radical (unpaired) electrons. The van der Waals surface area contributed by atoms with Crippen molar-refractivity contribution in [1.29, 1.82) is 0 Å². The fourth-order valence-electron chi connectivity index (χ4n) is 6.87. The van der Waals surface area contributed by atoms with Crippen molar-refractivity contribution in [2.75, 3.05) is 0 Å². The van der Waals surface area contributed by atoms with Gasteiger partial charge in [-0.15, -0.1) is 0 Å². The minimum atomic E-state index is -0.0422. The molecule has 0 aliphatic heterocycles. The molecule has 0 unspecified atom stereocenters. The van der Waals surface area contributed by atoms with Crippen LogP contribution < -0.4 is 0 Å². The Bertz CT molecular complexity index is 1070. The summed E-state index contributed by atoms with van der Waals surface area (Å²) >= 11 is 6.75. The van der Waals surface area contributed by atoms with Crippen LogP contribution in [0.3, 0.4) is 0 Å². The Morgan fingerprint density at radius 2 is 1.68 bits per heavy atom. The molecule has 0 heterocycles. The van der Waals surface area contributed by atoms with E-state index >= 15 is 0 Å². The van der Waals surface area contributed by atoms with Crippen LogP contribution in [0, 0.1) is 0 Å². The molecule has 0 aromatic heterocycles. The first kappa shape index (κ1) is 17.1. The van der Waals surface area contributed by atoms with Gasteiger partial charge in [-0.2, -0.15) is 0 Å². The molecule has 0 atom stereocenters. The number of benzene rings is 2. The smallest absolute Gasteiger partial charge is 0.0453 e. The fraction of sp³-hybridized carbons (Fsp3) is 0.407. The predicted molar refractivity (Wildman–Crippen MR) is 119 cm³/mol. The molecule has 1 spiro atoms. The lowest BCUT2D eigenvalue weighted by atomic mass is 9.65. The number of rotatable bonds is 0. The van der Waals surface area contributed by atoms with Crippen LogP contribution in [0.1, 0.15) is 81.0 Å². The summed E-state index contributed by atoms with van der Waals surface area (Å²) in [6, 6.07) is 11.4. The lowest BCUT2D eigenvalue weighted by Crippen LogP contribution is -2.29. The quantitative estimate of drug-likeness (QED) is 0.430. The van der Waals surface area contributed by atoms with Gasteiger partial charge in [0.05, 0.1) is 0 Å². The number of hydrogen-bond acceptors (Lipinski definition) is 0. The van der Waals surface area contributed by atoms with Gasteiger partial charge in [0.2, 0.25) is 0 Å². The van der Waals surface area contributed by atoms with E-state index in [1.807, 2.05) is 0 Å². The Morgan fingerprint density at radius 3 is 2.50 bits per heavy atom. The fourth-order valence-corrected chi connectivity index (χ4v) is 7.28. The monoisotopic (exact) mass is 386 g/mol. The van der Waals surface area contributed by atoms with Gasteiger partial charge in [-0.05, 0) is 70.7 Å². The second-order valence-electron chi connectivity index (χ2n) is 9.67. The Labute approximate surface area is 173 Å². The first-order valence-electron chi connectivity index (χ1n) is 10.9. The van der Waals surface area contributed by atoms with Gasteiger partial charge in [-0.25, -0.2) is 0 Å². The first-order valence-corrected chi connectivity index (χ1v) is 11.3. The van der Waals surface area contributed by atoms with Crippen LogP contribution in [0.2, 0.25) is 5.02 Å². The molecule has 142 valence electrons. The summed E-state index contributed by atoms with van der Waals surface area (Å²) in [6.45, 7) is 4.68. The van der Waals surface area contributed by atoms with E-state index < -0.39 is 0 Å². The first-order chi connectivity index (χ1) is 13.6. The van der Waals surface area contributed by atoms with Crippen molar-refractivity contribution in [3.8, 4) is 11.1 Å². The van der Waals surface area contributed by atoms with Gasteiger partial charge in [0, 0.05) is 15.9 Å². The van der Waals surface area contributed by atoms with Crippen molar-refractivity contribution in [2.24, 2.45) is 0 Å². The van der Waals surface area contributed by atoms with Crippen molar-refractivity contribution in [1.82, 2.24) is 0 Å². The zero-order valence-corrected chi connectivity index (χ0v) is 17.6. The average molecular weight is 387 g/mol. The van der Waals surface area contributed by atoms with E-state index in [2.05, 4.69) is 56.3 Å². The van der Waals surface area contributed by atoms with Crippen LogP contribution in [-0.4, -0.2) is 0 Å². The second-order valence-corrected chi connectivity index (χ2v) is 10.1. The van der Waals surface area contributed by atoms with Crippen molar-refractivity contribution in [3.63, 3.8) is 0 Å². The number of allylic oxidation sites excluding steroid dienone is 4. The van der Waals surface area contributed by atoms with Gasteiger partial charge in [0.1, 0.15) is 0 Å². The molecule has 2 aromatic rings. The summed E-state index contributed by atoms with van der Waals surface area (Å²) in [7, 11) is 0. The summed E-state index contributed by atoms with van der Waals surface area (Å²) < 4.78 is 0. The molecule has 4 aliphatic rings. The lowest BCUT2D eigenvalue weighted by molar-refractivity contribution is 0.338. The van der Waals surface area contributed by atoms with E-state index in [9.17, 15) is 0 Å². The summed E-state index contributed by atoms with van der Waals surface area (Å²) in [4.78, 5) is 0. The molecule has 4 aliphatic carbocycles.